The topological polar surface area (TPSA) is 69.2 Å². The molecule has 0 saturated heterocycles. The summed E-state index contributed by atoms with van der Waals surface area (Å²) in [6.07, 6.45) is 0.562. The van der Waals surface area contributed by atoms with E-state index in [1.165, 1.54) is 51.8 Å². The number of carbonyl (C=O) groups excluding carboxylic acids is 1. The van der Waals surface area contributed by atoms with Gasteiger partial charge < -0.3 is 14.2 Å². The number of amides is 1. The normalized spacial score (nSPS) is 12.0. The van der Waals surface area contributed by atoms with E-state index in [0.717, 1.165) is 0 Å². The maximum absolute atomic E-state index is 13.0. The molecule has 6 nitrogen and oxygen atoms in total. The first kappa shape index (κ1) is 19.9. The molecule has 1 unspecified atom stereocenters. The average molecular weight is 425 g/mol. The number of ether oxygens (including phenoxy) is 3. The Hall–Kier alpha value is -2.45. The number of hydrogen-bond donors (Lipinski definition) is 1. The second-order valence-corrected chi connectivity index (χ2v) is 5.99. The molecule has 0 fully saturated rings. The van der Waals surface area contributed by atoms with E-state index in [9.17, 15) is 9.18 Å². The molecule has 1 N–H and O–H groups in total. The SMILES string of the molecule is COc1cc(C=NNC(=O)C(OC)c2ccc(F)cc2)cc(Br)c1OC. The van der Waals surface area contributed by atoms with E-state index in [-0.39, 0.29) is 5.82 Å². The van der Waals surface area contributed by atoms with Gasteiger partial charge in [-0.3, -0.25) is 4.79 Å². The van der Waals surface area contributed by atoms with Crippen LogP contribution < -0.4 is 14.9 Å². The molecule has 0 aliphatic carbocycles. The zero-order valence-corrected chi connectivity index (χ0v) is 16.0. The molecule has 1 atom stereocenters. The van der Waals surface area contributed by atoms with Crippen LogP contribution in [0.3, 0.4) is 0 Å². The molecule has 0 aromatic heterocycles. The minimum atomic E-state index is -0.898. The van der Waals surface area contributed by atoms with Crippen molar-refractivity contribution >= 4 is 28.1 Å². The van der Waals surface area contributed by atoms with Gasteiger partial charge in [0.15, 0.2) is 17.6 Å². The summed E-state index contributed by atoms with van der Waals surface area (Å²) >= 11 is 3.39. The molecular formula is C18H18BrFN2O4. The molecule has 1 amide bonds. The third-order valence-corrected chi connectivity index (χ3v) is 4.08. The molecule has 26 heavy (non-hydrogen) atoms. The summed E-state index contributed by atoms with van der Waals surface area (Å²) in [5.74, 6) is 0.219. The van der Waals surface area contributed by atoms with Crippen molar-refractivity contribution in [1.29, 1.82) is 0 Å². The highest BCUT2D eigenvalue weighted by Crippen LogP contribution is 2.35. The molecule has 0 aliphatic heterocycles. The van der Waals surface area contributed by atoms with Crippen LogP contribution >= 0.6 is 15.9 Å². The third-order valence-electron chi connectivity index (χ3n) is 3.49. The summed E-state index contributed by atoms with van der Waals surface area (Å²) in [7, 11) is 4.46. The first-order valence-electron chi connectivity index (χ1n) is 7.52. The zero-order chi connectivity index (χ0) is 19.1. The lowest BCUT2D eigenvalue weighted by atomic mass is 10.1. The number of nitrogens with zero attached hydrogens (tertiary/aromatic N) is 1. The Morgan fingerprint density at radius 2 is 1.88 bits per heavy atom. The van der Waals surface area contributed by atoms with Gasteiger partial charge in [0.2, 0.25) is 0 Å². The number of carbonyl (C=O) groups is 1. The molecule has 0 radical (unpaired) electrons. The van der Waals surface area contributed by atoms with Crippen LogP contribution in [0.4, 0.5) is 4.39 Å². The van der Waals surface area contributed by atoms with Crippen molar-refractivity contribution in [2.75, 3.05) is 21.3 Å². The van der Waals surface area contributed by atoms with Crippen molar-refractivity contribution in [2.45, 2.75) is 6.10 Å². The molecular weight excluding hydrogens is 407 g/mol. The third kappa shape index (κ3) is 4.80. The summed E-state index contributed by atoms with van der Waals surface area (Å²) in [6.45, 7) is 0. The molecule has 138 valence electrons. The minimum absolute atomic E-state index is 0.388. The van der Waals surface area contributed by atoms with E-state index in [1.807, 2.05) is 0 Å². The lowest BCUT2D eigenvalue weighted by molar-refractivity contribution is -0.131. The van der Waals surface area contributed by atoms with Gasteiger partial charge in [-0.1, -0.05) is 12.1 Å². The van der Waals surface area contributed by atoms with Crippen LogP contribution in [0.15, 0.2) is 46.0 Å². The van der Waals surface area contributed by atoms with Gasteiger partial charge >= 0.3 is 0 Å². The van der Waals surface area contributed by atoms with Gasteiger partial charge in [0.25, 0.3) is 5.91 Å². The fraction of sp³-hybridized carbons (Fsp3) is 0.222. The number of hydrogen-bond acceptors (Lipinski definition) is 5. The first-order valence-corrected chi connectivity index (χ1v) is 8.32. The molecule has 2 rings (SSSR count). The predicted octanol–water partition coefficient (Wildman–Crippen LogP) is 3.44. The minimum Gasteiger partial charge on any atom is -0.493 e. The van der Waals surface area contributed by atoms with Gasteiger partial charge in [-0.25, -0.2) is 9.82 Å². The lowest BCUT2D eigenvalue weighted by Gasteiger charge is -2.13. The number of benzene rings is 2. The smallest absolute Gasteiger partial charge is 0.273 e. The van der Waals surface area contributed by atoms with E-state index >= 15 is 0 Å². The summed E-state index contributed by atoms with van der Waals surface area (Å²) in [4.78, 5) is 12.2. The molecule has 0 bridgehead atoms. The number of methoxy groups -OCH3 is 3. The van der Waals surface area contributed by atoms with Crippen molar-refractivity contribution in [1.82, 2.24) is 5.43 Å². The Morgan fingerprint density at radius 3 is 2.46 bits per heavy atom. The number of rotatable bonds is 7. The Balaban J connectivity index is 2.10. The molecule has 0 heterocycles. The van der Waals surface area contributed by atoms with Gasteiger partial charge in [0.1, 0.15) is 5.82 Å². The second kappa shape index (κ2) is 9.30. The van der Waals surface area contributed by atoms with Crippen molar-refractivity contribution < 1.29 is 23.4 Å². The summed E-state index contributed by atoms with van der Waals surface area (Å²) in [5, 5.41) is 3.93. The van der Waals surface area contributed by atoms with Crippen molar-refractivity contribution in [2.24, 2.45) is 5.10 Å². The zero-order valence-electron chi connectivity index (χ0n) is 14.5. The molecule has 0 spiro atoms. The van der Waals surface area contributed by atoms with Crippen LogP contribution in [0.1, 0.15) is 17.2 Å². The van der Waals surface area contributed by atoms with Gasteiger partial charge in [-0.15, -0.1) is 0 Å². The van der Waals surface area contributed by atoms with Gasteiger partial charge in [-0.2, -0.15) is 5.10 Å². The fourth-order valence-corrected chi connectivity index (χ4v) is 2.90. The highest BCUT2D eigenvalue weighted by molar-refractivity contribution is 9.10. The van der Waals surface area contributed by atoms with Crippen LogP contribution in [-0.2, 0) is 9.53 Å². The highest BCUT2D eigenvalue weighted by Gasteiger charge is 2.19. The Bertz CT molecular complexity index is 797. The van der Waals surface area contributed by atoms with Crippen molar-refractivity contribution in [3.8, 4) is 11.5 Å². The number of halogens is 2. The molecule has 2 aromatic rings. The molecule has 0 aliphatic rings. The van der Waals surface area contributed by atoms with E-state index in [0.29, 0.717) is 27.1 Å². The van der Waals surface area contributed by atoms with Crippen LogP contribution in [0.25, 0.3) is 0 Å². The standard InChI is InChI=1S/C18H18BrFN2O4/c1-24-15-9-11(8-14(19)17(15)26-3)10-21-22-18(23)16(25-2)12-4-6-13(20)7-5-12/h4-10,16H,1-3H3,(H,22,23). The monoisotopic (exact) mass is 424 g/mol. The van der Waals surface area contributed by atoms with E-state index in [1.54, 1.807) is 12.1 Å². The Morgan fingerprint density at radius 1 is 1.19 bits per heavy atom. The Labute approximate surface area is 159 Å². The van der Waals surface area contributed by atoms with Crippen LogP contribution in [0.2, 0.25) is 0 Å². The number of nitrogens with one attached hydrogen (secondary N) is 1. The van der Waals surface area contributed by atoms with Gasteiger partial charge in [0.05, 0.1) is 24.9 Å². The quantitative estimate of drug-likeness (QED) is 0.545. The summed E-state index contributed by atoms with van der Waals surface area (Å²) in [5.41, 5.74) is 3.61. The molecule has 8 heteroatoms. The fourth-order valence-electron chi connectivity index (χ4n) is 2.27. The molecule has 2 aromatic carbocycles. The van der Waals surface area contributed by atoms with Crippen molar-refractivity contribution in [3.05, 3.63) is 57.8 Å². The average Bonchev–Trinajstić information content (AvgIpc) is 2.63. The maximum atomic E-state index is 13.0. The molecule has 0 saturated carbocycles. The van der Waals surface area contributed by atoms with E-state index < -0.39 is 12.0 Å². The second-order valence-electron chi connectivity index (χ2n) is 5.14. The van der Waals surface area contributed by atoms with E-state index in [2.05, 4.69) is 26.5 Å². The summed E-state index contributed by atoms with van der Waals surface area (Å²) < 4.78 is 29.4. The van der Waals surface area contributed by atoms with Gasteiger partial charge in [-0.05, 0) is 51.3 Å². The van der Waals surface area contributed by atoms with Crippen LogP contribution in [0, 0.1) is 5.82 Å². The Kier molecular flexibility index (Phi) is 7.11. The number of hydrazone groups is 1. The van der Waals surface area contributed by atoms with Gasteiger partial charge in [0, 0.05) is 7.11 Å². The highest BCUT2D eigenvalue weighted by atomic mass is 79.9. The van der Waals surface area contributed by atoms with Crippen LogP contribution in [0.5, 0.6) is 11.5 Å². The maximum Gasteiger partial charge on any atom is 0.273 e. The first-order chi connectivity index (χ1) is 12.5. The van der Waals surface area contributed by atoms with Crippen molar-refractivity contribution in [3.63, 3.8) is 0 Å². The largest absolute Gasteiger partial charge is 0.493 e. The van der Waals surface area contributed by atoms with E-state index in [4.69, 9.17) is 14.2 Å². The predicted molar refractivity (Wildman–Crippen MR) is 99.1 cm³/mol. The lowest BCUT2D eigenvalue weighted by Crippen LogP contribution is -2.26. The summed E-state index contributed by atoms with van der Waals surface area (Å²) in [6, 6.07) is 8.98. The van der Waals surface area contributed by atoms with Crippen LogP contribution in [-0.4, -0.2) is 33.5 Å².